The molecule has 0 radical (unpaired) electrons. The second-order valence-corrected chi connectivity index (χ2v) is 12.1. The fourth-order valence-corrected chi connectivity index (χ4v) is 8.44. The maximum Gasteiger partial charge on any atom is 0.276 e. The van der Waals surface area contributed by atoms with Gasteiger partial charge in [0.15, 0.2) is 0 Å². The zero-order valence-electron chi connectivity index (χ0n) is 14.5. The van der Waals surface area contributed by atoms with E-state index in [-0.39, 0.29) is 33.7 Å². The topological polar surface area (TPSA) is 60.4 Å². The molecule has 0 saturated carbocycles. The van der Waals surface area contributed by atoms with Gasteiger partial charge in [0.2, 0.25) is 0 Å². The summed E-state index contributed by atoms with van der Waals surface area (Å²) < 4.78 is 30.2. The second-order valence-electron chi connectivity index (χ2n) is 6.33. The van der Waals surface area contributed by atoms with Gasteiger partial charge in [-0.05, 0) is 6.42 Å². The van der Waals surface area contributed by atoms with Crippen LogP contribution in [0.3, 0.4) is 0 Å². The normalized spacial score (nSPS) is 14.2. The first-order valence-corrected chi connectivity index (χ1v) is 11.2. The Morgan fingerprint density at radius 2 is 1.48 bits per heavy atom. The monoisotopic (exact) mass is 340 g/mol. The molecular weight excluding hydrogens is 308 g/mol. The molecule has 0 heterocycles. The van der Waals surface area contributed by atoms with E-state index in [1.165, 1.54) is 0 Å². The first kappa shape index (κ1) is 20.9. The van der Waals surface area contributed by atoms with Gasteiger partial charge in [0.25, 0.3) is 10.1 Å². The molecule has 0 aromatic heterocycles. The highest BCUT2D eigenvalue weighted by molar-refractivity contribution is 8.34. The van der Waals surface area contributed by atoms with Gasteiger partial charge in [-0.15, -0.1) is 10.3 Å². The van der Waals surface area contributed by atoms with E-state index in [1.807, 2.05) is 48.5 Å². The van der Waals surface area contributed by atoms with Crippen LogP contribution in [-0.2, 0) is 18.5 Å². The van der Waals surface area contributed by atoms with Crippen LogP contribution in [0.5, 0.6) is 0 Å². The fraction of sp³-hybridized carbons (Fsp3) is 0.933. The molecule has 21 heavy (non-hydrogen) atoms. The molecule has 0 unspecified atom stereocenters. The third-order valence-corrected chi connectivity index (χ3v) is 10.1. The highest BCUT2D eigenvalue weighted by Crippen LogP contribution is 2.59. The lowest BCUT2D eigenvalue weighted by Gasteiger charge is -2.45. The molecule has 0 fully saturated rings. The summed E-state index contributed by atoms with van der Waals surface area (Å²) in [5.41, 5.74) is 0. The van der Waals surface area contributed by atoms with Crippen LogP contribution in [-0.4, -0.2) is 36.2 Å². The maximum absolute atomic E-state index is 12.3. The summed E-state index contributed by atoms with van der Waals surface area (Å²) >= 11 is 0. The van der Waals surface area contributed by atoms with Crippen LogP contribution in [0.4, 0.5) is 0 Å². The molecule has 0 spiro atoms. The Balaban J connectivity index is 5.45. The number of unbranched alkanes of at least 4 members (excludes halogenated alkanes) is 1. The minimum atomic E-state index is -3.58. The number of carbonyl (C=O) groups is 1. The largest absolute Gasteiger partial charge is 0.298 e. The standard InChI is InChI=1S/C15H32O4S2/c1-8-9-10-21(17,18)19-20(13(4)5,14(6)7)11-15(16)12(2)3/h12-14H,8-11H2,1-7H3. The first-order valence-electron chi connectivity index (χ1n) is 7.73. The van der Waals surface area contributed by atoms with Crippen molar-refractivity contribution in [3.05, 3.63) is 0 Å². The van der Waals surface area contributed by atoms with E-state index in [0.717, 1.165) is 6.42 Å². The van der Waals surface area contributed by atoms with Crippen LogP contribution in [0.1, 0.15) is 61.3 Å². The Kier molecular flexibility index (Phi) is 8.50. The van der Waals surface area contributed by atoms with Crippen molar-refractivity contribution in [2.45, 2.75) is 71.8 Å². The van der Waals surface area contributed by atoms with Crippen molar-refractivity contribution in [2.24, 2.45) is 5.92 Å². The van der Waals surface area contributed by atoms with Crippen molar-refractivity contribution in [1.82, 2.24) is 0 Å². The van der Waals surface area contributed by atoms with E-state index >= 15 is 0 Å². The van der Waals surface area contributed by atoms with Gasteiger partial charge in [0.1, 0.15) is 5.78 Å². The lowest BCUT2D eigenvalue weighted by molar-refractivity contribution is -0.119. The van der Waals surface area contributed by atoms with Crippen molar-refractivity contribution in [3.8, 4) is 0 Å². The minimum absolute atomic E-state index is 0.0246. The van der Waals surface area contributed by atoms with Gasteiger partial charge in [-0.3, -0.25) is 4.79 Å². The van der Waals surface area contributed by atoms with Crippen LogP contribution in [0.25, 0.3) is 0 Å². The van der Waals surface area contributed by atoms with Gasteiger partial charge in [0.05, 0.1) is 11.5 Å². The van der Waals surface area contributed by atoms with E-state index < -0.39 is 20.4 Å². The fourth-order valence-electron chi connectivity index (χ4n) is 2.00. The molecular formula is C15H32O4S2. The molecule has 6 heteroatoms. The van der Waals surface area contributed by atoms with Gasteiger partial charge in [-0.1, -0.05) is 54.9 Å². The Bertz CT molecular complexity index is 417. The molecule has 0 rings (SSSR count). The first-order chi connectivity index (χ1) is 9.48. The van der Waals surface area contributed by atoms with Gasteiger partial charge < -0.3 is 0 Å². The molecule has 128 valence electrons. The van der Waals surface area contributed by atoms with E-state index in [0.29, 0.717) is 6.42 Å². The van der Waals surface area contributed by atoms with Crippen molar-refractivity contribution in [1.29, 1.82) is 0 Å². The zero-order valence-corrected chi connectivity index (χ0v) is 16.1. The molecule has 0 aliphatic carbocycles. The van der Waals surface area contributed by atoms with E-state index in [9.17, 15) is 13.2 Å². The Morgan fingerprint density at radius 3 is 1.81 bits per heavy atom. The van der Waals surface area contributed by atoms with Crippen molar-refractivity contribution < 1.29 is 16.8 Å². The Hall–Kier alpha value is -0.0700. The third-order valence-electron chi connectivity index (χ3n) is 3.59. The van der Waals surface area contributed by atoms with Crippen LogP contribution in [0, 0.1) is 5.92 Å². The van der Waals surface area contributed by atoms with Crippen LogP contribution >= 0.6 is 10.3 Å². The Labute approximate surface area is 132 Å². The maximum atomic E-state index is 12.3. The molecule has 0 atom stereocenters. The smallest absolute Gasteiger partial charge is 0.276 e. The summed E-state index contributed by atoms with van der Waals surface area (Å²) in [5, 5.41) is 0.0493. The number of hydrogen-bond donors (Lipinski definition) is 0. The summed E-state index contributed by atoms with van der Waals surface area (Å²) in [7, 11) is -5.58. The number of hydrogen-bond acceptors (Lipinski definition) is 4. The highest BCUT2D eigenvalue weighted by atomic mass is 32.3. The summed E-state index contributed by atoms with van der Waals surface area (Å²) in [6.07, 6.45) is 1.39. The van der Waals surface area contributed by atoms with Gasteiger partial charge in [-0.2, -0.15) is 8.42 Å². The summed E-state index contributed by atoms with van der Waals surface area (Å²) in [5.74, 6) is 0.244. The van der Waals surface area contributed by atoms with Crippen LogP contribution in [0.15, 0.2) is 0 Å². The molecule has 0 aliphatic heterocycles. The molecule has 0 amide bonds. The molecule has 0 N–H and O–H groups in total. The third kappa shape index (κ3) is 6.28. The molecule has 0 aliphatic rings. The molecule has 0 aromatic rings. The van der Waals surface area contributed by atoms with Gasteiger partial charge in [-0.25, -0.2) is 3.63 Å². The van der Waals surface area contributed by atoms with Gasteiger partial charge >= 0.3 is 0 Å². The average Bonchev–Trinajstić information content (AvgIpc) is 2.34. The number of Topliss-reactive ketones (excluding diaryl/α,β-unsaturated/α-hetero) is 1. The summed E-state index contributed by atoms with van der Waals surface area (Å²) in [6, 6.07) is 0. The average molecular weight is 341 g/mol. The van der Waals surface area contributed by atoms with Crippen molar-refractivity contribution in [3.63, 3.8) is 0 Å². The molecule has 0 saturated heterocycles. The van der Waals surface area contributed by atoms with E-state index in [4.69, 9.17) is 3.63 Å². The predicted octanol–water partition coefficient (Wildman–Crippen LogP) is 3.89. The highest BCUT2D eigenvalue weighted by Gasteiger charge is 2.39. The van der Waals surface area contributed by atoms with E-state index in [2.05, 4.69) is 0 Å². The predicted molar refractivity (Wildman–Crippen MR) is 92.4 cm³/mol. The lowest BCUT2D eigenvalue weighted by Crippen LogP contribution is -2.33. The van der Waals surface area contributed by atoms with Gasteiger partial charge in [0, 0.05) is 16.4 Å². The zero-order chi connectivity index (χ0) is 16.8. The van der Waals surface area contributed by atoms with Crippen molar-refractivity contribution in [2.75, 3.05) is 11.5 Å². The van der Waals surface area contributed by atoms with Crippen LogP contribution in [0.2, 0.25) is 0 Å². The summed E-state index contributed by atoms with van der Waals surface area (Å²) in [6.45, 7) is 13.5. The molecule has 4 nitrogen and oxygen atoms in total. The molecule has 0 aromatic carbocycles. The second kappa shape index (κ2) is 8.53. The van der Waals surface area contributed by atoms with Crippen molar-refractivity contribution >= 4 is 26.2 Å². The molecule has 0 bridgehead atoms. The number of ketones is 1. The Morgan fingerprint density at radius 1 is 1.00 bits per heavy atom. The lowest BCUT2D eigenvalue weighted by atomic mass is 10.1. The van der Waals surface area contributed by atoms with E-state index in [1.54, 1.807) is 0 Å². The SMILES string of the molecule is CCCCS(=O)(=O)OS(CC(=O)C(C)C)(C(C)C)C(C)C. The minimum Gasteiger partial charge on any atom is -0.298 e. The van der Waals surface area contributed by atoms with Crippen LogP contribution < -0.4 is 0 Å². The summed E-state index contributed by atoms with van der Waals surface area (Å²) in [4.78, 5) is 12.2. The quantitative estimate of drug-likeness (QED) is 0.605. The number of rotatable bonds is 10. The number of carbonyl (C=O) groups excluding carboxylic acids is 1.